The van der Waals surface area contributed by atoms with E-state index in [1.54, 1.807) is 0 Å². The number of hydrogen-bond donors (Lipinski definition) is 1. The van der Waals surface area contributed by atoms with Crippen LogP contribution >= 0.6 is 27.3 Å². The van der Waals surface area contributed by atoms with E-state index in [1.165, 1.54) is 11.3 Å². The lowest BCUT2D eigenvalue weighted by Crippen LogP contribution is -2.35. The minimum Gasteiger partial charge on any atom is -0.379 e. The number of anilines is 1. The normalized spacial score (nSPS) is 15.6. The highest BCUT2D eigenvalue weighted by Crippen LogP contribution is 2.21. The van der Waals surface area contributed by atoms with Gasteiger partial charge in [-0.3, -0.25) is 9.69 Å². The van der Waals surface area contributed by atoms with Crippen LogP contribution in [0.2, 0.25) is 0 Å². The van der Waals surface area contributed by atoms with Crippen molar-refractivity contribution in [1.82, 2.24) is 9.88 Å². The Kier molecular flexibility index (Phi) is 5.42. The van der Waals surface area contributed by atoms with Crippen LogP contribution in [0.4, 0.5) is 5.69 Å². The molecule has 122 valence electrons. The lowest BCUT2D eigenvalue weighted by molar-refractivity contribution is 0.0341. The van der Waals surface area contributed by atoms with Gasteiger partial charge < -0.3 is 10.1 Å². The maximum atomic E-state index is 12.3. The molecule has 1 aliphatic heterocycles. The third-order valence-corrected chi connectivity index (χ3v) is 5.36. The first kappa shape index (κ1) is 16.6. The Morgan fingerprint density at radius 1 is 1.43 bits per heavy atom. The van der Waals surface area contributed by atoms with Gasteiger partial charge in [-0.05, 0) is 24.6 Å². The monoisotopic (exact) mass is 395 g/mol. The number of morpholine rings is 1. The maximum absolute atomic E-state index is 12.3. The lowest BCUT2D eigenvalue weighted by atomic mass is 10.2. The highest BCUT2D eigenvalue weighted by molar-refractivity contribution is 9.10. The summed E-state index contributed by atoms with van der Waals surface area (Å²) < 4.78 is 6.31. The molecule has 1 N–H and O–H groups in total. The number of aryl methyl sites for hydroxylation is 1. The van der Waals surface area contributed by atoms with Crippen LogP contribution in [0, 0.1) is 6.92 Å². The van der Waals surface area contributed by atoms with Gasteiger partial charge in [0.1, 0.15) is 10.7 Å². The van der Waals surface area contributed by atoms with Crippen molar-refractivity contribution in [3.63, 3.8) is 0 Å². The van der Waals surface area contributed by atoms with E-state index < -0.39 is 0 Å². The quantitative estimate of drug-likeness (QED) is 0.862. The molecule has 0 aliphatic carbocycles. The Morgan fingerprint density at radius 3 is 2.96 bits per heavy atom. The molecule has 1 aromatic heterocycles. The molecular formula is C16H18BrN3O2S. The highest BCUT2D eigenvalue weighted by atomic mass is 79.9. The minimum atomic E-state index is -0.176. The number of rotatable bonds is 4. The van der Waals surface area contributed by atoms with Crippen molar-refractivity contribution in [1.29, 1.82) is 0 Å². The van der Waals surface area contributed by atoms with Gasteiger partial charge in [0.05, 0.1) is 19.8 Å². The minimum absolute atomic E-state index is 0.176. The van der Waals surface area contributed by atoms with E-state index in [2.05, 4.69) is 31.1 Å². The summed E-state index contributed by atoms with van der Waals surface area (Å²) in [5.41, 5.74) is 2.36. The molecule has 1 aromatic carbocycles. The summed E-state index contributed by atoms with van der Waals surface area (Å²) in [6.45, 7) is 6.14. The highest BCUT2D eigenvalue weighted by Gasteiger charge is 2.15. The van der Waals surface area contributed by atoms with Gasteiger partial charge in [-0.25, -0.2) is 4.98 Å². The van der Waals surface area contributed by atoms with E-state index in [1.807, 2.05) is 30.5 Å². The molecule has 2 heterocycles. The number of aromatic nitrogens is 1. The summed E-state index contributed by atoms with van der Waals surface area (Å²) in [6, 6.07) is 5.75. The number of thiazole rings is 1. The zero-order valence-electron chi connectivity index (χ0n) is 12.8. The molecule has 0 radical (unpaired) electrons. The fourth-order valence-electron chi connectivity index (χ4n) is 2.30. The van der Waals surface area contributed by atoms with Gasteiger partial charge in [-0.1, -0.05) is 22.0 Å². The first-order valence-corrected chi connectivity index (χ1v) is 9.11. The van der Waals surface area contributed by atoms with Crippen LogP contribution in [0.3, 0.4) is 0 Å². The third kappa shape index (κ3) is 4.38. The van der Waals surface area contributed by atoms with Crippen LogP contribution in [0.25, 0.3) is 0 Å². The predicted molar refractivity (Wildman–Crippen MR) is 95.0 cm³/mol. The first-order chi connectivity index (χ1) is 11.1. The molecule has 1 fully saturated rings. The van der Waals surface area contributed by atoms with E-state index in [0.29, 0.717) is 5.69 Å². The number of benzene rings is 1. The summed E-state index contributed by atoms with van der Waals surface area (Å²) in [5, 5.41) is 5.66. The predicted octanol–water partition coefficient (Wildman–Crippen LogP) is 3.30. The molecule has 5 nitrogen and oxygen atoms in total. The molecule has 3 rings (SSSR count). The zero-order chi connectivity index (χ0) is 16.2. The topological polar surface area (TPSA) is 54.5 Å². The van der Waals surface area contributed by atoms with Crippen molar-refractivity contribution in [3.8, 4) is 0 Å². The van der Waals surface area contributed by atoms with Crippen LogP contribution in [-0.2, 0) is 11.3 Å². The molecule has 0 saturated carbocycles. The SMILES string of the molecule is Cc1ccc(NC(=O)c2csc(CN3CCOCC3)n2)cc1Br. The summed E-state index contributed by atoms with van der Waals surface area (Å²) in [4.78, 5) is 19.0. The van der Waals surface area contributed by atoms with Crippen LogP contribution in [0.1, 0.15) is 21.1 Å². The van der Waals surface area contributed by atoms with Crippen molar-refractivity contribution < 1.29 is 9.53 Å². The van der Waals surface area contributed by atoms with Gasteiger partial charge in [0.15, 0.2) is 0 Å². The average Bonchev–Trinajstić information content (AvgIpc) is 3.00. The number of carbonyl (C=O) groups is 1. The van der Waals surface area contributed by atoms with Gasteiger partial charge in [0.2, 0.25) is 0 Å². The summed E-state index contributed by atoms with van der Waals surface area (Å²) in [7, 11) is 0. The Bertz CT molecular complexity index is 698. The number of nitrogens with zero attached hydrogens (tertiary/aromatic N) is 2. The largest absolute Gasteiger partial charge is 0.379 e. The Morgan fingerprint density at radius 2 is 2.22 bits per heavy atom. The summed E-state index contributed by atoms with van der Waals surface area (Å²) in [5.74, 6) is -0.176. The molecular weight excluding hydrogens is 378 g/mol. The second-order valence-corrected chi connectivity index (χ2v) is 7.23. The molecule has 0 bridgehead atoms. The number of halogens is 1. The van der Waals surface area contributed by atoms with Crippen LogP contribution in [-0.4, -0.2) is 42.1 Å². The molecule has 23 heavy (non-hydrogen) atoms. The van der Waals surface area contributed by atoms with Crippen molar-refractivity contribution in [2.75, 3.05) is 31.6 Å². The molecule has 1 amide bonds. The molecule has 1 saturated heterocycles. The third-order valence-electron chi connectivity index (χ3n) is 3.68. The van der Waals surface area contributed by atoms with E-state index in [4.69, 9.17) is 4.74 Å². The van der Waals surface area contributed by atoms with E-state index in [0.717, 1.165) is 53.6 Å². The summed E-state index contributed by atoms with van der Waals surface area (Å²) >= 11 is 4.99. The number of hydrogen-bond acceptors (Lipinski definition) is 5. The molecule has 1 aliphatic rings. The van der Waals surface area contributed by atoms with Crippen molar-refractivity contribution in [2.24, 2.45) is 0 Å². The fourth-order valence-corrected chi connectivity index (χ4v) is 3.50. The lowest BCUT2D eigenvalue weighted by Gasteiger charge is -2.25. The number of carbonyl (C=O) groups excluding carboxylic acids is 1. The van der Waals surface area contributed by atoms with Crippen molar-refractivity contribution >= 4 is 38.9 Å². The average molecular weight is 396 g/mol. The molecule has 0 atom stereocenters. The summed E-state index contributed by atoms with van der Waals surface area (Å²) in [6.07, 6.45) is 0. The van der Waals surface area contributed by atoms with Crippen LogP contribution in [0.15, 0.2) is 28.1 Å². The van der Waals surface area contributed by atoms with Crippen LogP contribution < -0.4 is 5.32 Å². The van der Waals surface area contributed by atoms with Crippen molar-refractivity contribution in [2.45, 2.75) is 13.5 Å². The molecule has 7 heteroatoms. The van der Waals surface area contributed by atoms with Gasteiger partial charge in [0, 0.05) is 28.6 Å². The van der Waals surface area contributed by atoms with E-state index in [9.17, 15) is 4.79 Å². The van der Waals surface area contributed by atoms with Crippen molar-refractivity contribution in [3.05, 3.63) is 44.3 Å². The van der Waals surface area contributed by atoms with E-state index >= 15 is 0 Å². The fraction of sp³-hybridized carbons (Fsp3) is 0.375. The van der Waals surface area contributed by atoms with Gasteiger partial charge in [0.25, 0.3) is 5.91 Å². The standard InChI is InChI=1S/C16H18BrN3O2S/c1-11-2-3-12(8-13(11)17)18-16(21)14-10-23-15(19-14)9-20-4-6-22-7-5-20/h2-3,8,10H,4-7,9H2,1H3,(H,18,21). The van der Waals surface area contributed by atoms with E-state index in [-0.39, 0.29) is 5.91 Å². The second kappa shape index (κ2) is 7.53. The molecule has 2 aromatic rings. The van der Waals surface area contributed by atoms with Gasteiger partial charge in [-0.15, -0.1) is 11.3 Å². The second-order valence-electron chi connectivity index (χ2n) is 5.43. The Hall–Kier alpha value is -1.28. The number of amides is 1. The number of nitrogens with one attached hydrogen (secondary N) is 1. The van der Waals surface area contributed by atoms with Gasteiger partial charge >= 0.3 is 0 Å². The Balaban J connectivity index is 1.62. The zero-order valence-corrected chi connectivity index (χ0v) is 15.2. The maximum Gasteiger partial charge on any atom is 0.275 e. The number of ether oxygens (including phenoxy) is 1. The molecule has 0 spiro atoms. The molecule has 0 unspecified atom stereocenters. The van der Waals surface area contributed by atoms with Crippen LogP contribution in [0.5, 0.6) is 0 Å². The van der Waals surface area contributed by atoms with Gasteiger partial charge in [-0.2, -0.15) is 0 Å². The Labute approximate surface area is 147 Å². The smallest absolute Gasteiger partial charge is 0.275 e. The first-order valence-electron chi connectivity index (χ1n) is 7.44.